The summed E-state index contributed by atoms with van der Waals surface area (Å²) in [5.74, 6) is -2.05. The molecule has 0 unspecified atom stereocenters. The molecule has 0 saturated heterocycles. The molecule has 0 bridgehead atoms. The number of nitrogens with zero attached hydrogens (tertiary/aromatic N) is 1. The Morgan fingerprint density at radius 1 is 1.19 bits per heavy atom. The fourth-order valence-electron chi connectivity index (χ4n) is 2.56. The topological polar surface area (TPSA) is 57.6 Å². The summed E-state index contributed by atoms with van der Waals surface area (Å²) >= 11 is 0. The summed E-state index contributed by atoms with van der Waals surface area (Å²) in [7, 11) is 0. The highest BCUT2D eigenvalue weighted by atomic mass is 19.1. The number of hydrogen-bond acceptors (Lipinski definition) is 2. The highest BCUT2D eigenvalue weighted by molar-refractivity contribution is 6.11. The van der Waals surface area contributed by atoms with Crippen molar-refractivity contribution in [3.63, 3.8) is 0 Å². The minimum atomic E-state index is -1.18. The Balaban J connectivity index is 2.09. The Morgan fingerprint density at radius 2 is 1.95 bits per heavy atom. The van der Waals surface area contributed by atoms with E-state index in [9.17, 15) is 19.1 Å². The average molecular weight is 285 g/mol. The lowest BCUT2D eigenvalue weighted by Gasteiger charge is -2.29. The summed E-state index contributed by atoms with van der Waals surface area (Å²) in [4.78, 5) is 25.1. The SMILES string of the molecule is O=C(O)c1ccc(F)cc1N1CCc2ccccc2C1=O. The minimum absolute atomic E-state index is 0.0795. The summed E-state index contributed by atoms with van der Waals surface area (Å²) in [6, 6.07) is 10.5. The molecule has 1 heterocycles. The van der Waals surface area contributed by atoms with Gasteiger partial charge in [0.25, 0.3) is 5.91 Å². The van der Waals surface area contributed by atoms with Crippen LogP contribution in [-0.4, -0.2) is 23.5 Å². The summed E-state index contributed by atoms with van der Waals surface area (Å²) in [5.41, 5.74) is 1.47. The molecule has 0 atom stereocenters. The van der Waals surface area contributed by atoms with E-state index < -0.39 is 11.8 Å². The molecule has 1 N–H and O–H groups in total. The van der Waals surface area contributed by atoms with Gasteiger partial charge in [-0.05, 0) is 36.2 Å². The van der Waals surface area contributed by atoms with Crippen LogP contribution in [0.25, 0.3) is 0 Å². The second-order valence-corrected chi connectivity index (χ2v) is 4.83. The molecule has 21 heavy (non-hydrogen) atoms. The van der Waals surface area contributed by atoms with Crippen LogP contribution >= 0.6 is 0 Å². The average Bonchev–Trinajstić information content (AvgIpc) is 2.47. The van der Waals surface area contributed by atoms with Crippen molar-refractivity contribution < 1.29 is 19.1 Å². The van der Waals surface area contributed by atoms with Gasteiger partial charge in [-0.3, -0.25) is 4.79 Å². The third-order valence-corrected chi connectivity index (χ3v) is 3.58. The molecule has 4 nitrogen and oxygen atoms in total. The molecule has 0 spiro atoms. The summed E-state index contributed by atoms with van der Waals surface area (Å²) in [5, 5.41) is 9.21. The summed E-state index contributed by atoms with van der Waals surface area (Å²) in [6.45, 7) is 0.333. The first-order chi connectivity index (χ1) is 10.1. The largest absolute Gasteiger partial charge is 0.478 e. The van der Waals surface area contributed by atoms with Gasteiger partial charge < -0.3 is 10.0 Å². The molecule has 2 aromatic rings. The summed E-state index contributed by atoms with van der Waals surface area (Å²) < 4.78 is 13.5. The zero-order valence-electron chi connectivity index (χ0n) is 11.0. The molecule has 1 amide bonds. The number of hydrogen-bond donors (Lipinski definition) is 1. The number of aromatic carboxylic acids is 1. The Labute approximate surface area is 120 Å². The van der Waals surface area contributed by atoms with Gasteiger partial charge in [0.1, 0.15) is 5.82 Å². The Bertz CT molecular complexity index is 742. The fourth-order valence-corrected chi connectivity index (χ4v) is 2.56. The zero-order chi connectivity index (χ0) is 15.0. The van der Waals surface area contributed by atoms with E-state index in [0.717, 1.165) is 17.7 Å². The van der Waals surface area contributed by atoms with E-state index in [0.29, 0.717) is 18.5 Å². The highest BCUT2D eigenvalue weighted by Crippen LogP contribution is 2.28. The van der Waals surface area contributed by atoms with Crippen molar-refractivity contribution in [2.75, 3.05) is 11.4 Å². The van der Waals surface area contributed by atoms with E-state index in [2.05, 4.69) is 0 Å². The van der Waals surface area contributed by atoms with Crippen LogP contribution in [0, 0.1) is 5.82 Å². The maximum atomic E-state index is 13.5. The van der Waals surface area contributed by atoms with Gasteiger partial charge in [0.2, 0.25) is 0 Å². The number of carbonyl (C=O) groups excluding carboxylic acids is 1. The van der Waals surface area contributed by atoms with Gasteiger partial charge >= 0.3 is 5.97 Å². The lowest BCUT2D eigenvalue weighted by atomic mass is 9.98. The third-order valence-electron chi connectivity index (χ3n) is 3.58. The normalized spacial score (nSPS) is 14.0. The highest BCUT2D eigenvalue weighted by Gasteiger charge is 2.28. The second-order valence-electron chi connectivity index (χ2n) is 4.83. The zero-order valence-corrected chi connectivity index (χ0v) is 11.0. The van der Waals surface area contributed by atoms with Gasteiger partial charge in [-0.25, -0.2) is 9.18 Å². The van der Waals surface area contributed by atoms with E-state index in [1.165, 1.54) is 11.0 Å². The predicted octanol–water partition coefficient (Wildman–Crippen LogP) is 2.73. The van der Waals surface area contributed by atoms with Gasteiger partial charge in [0, 0.05) is 12.1 Å². The first-order valence-corrected chi connectivity index (χ1v) is 6.50. The van der Waals surface area contributed by atoms with E-state index in [1.807, 2.05) is 12.1 Å². The van der Waals surface area contributed by atoms with Gasteiger partial charge in [0.15, 0.2) is 0 Å². The van der Waals surface area contributed by atoms with Crippen molar-refractivity contribution in [1.82, 2.24) is 0 Å². The molecule has 1 aliphatic heterocycles. The van der Waals surface area contributed by atoms with Crippen molar-refractivity contribution in [3.05, 3.63) is 65.0 Å². The number of benzene rings is 2. The number of amides is 1. The first kappa shape index (κ1) is 13.3. The van der Waals surface area contributed by atoms with Crippen LogP contribution in [0.5, 0.6) is 0 Å². The van der Waals surface area contributed by atoms with E-state index >= 15 is 0 Å². The van der Waals surface area contributed by atoms with Gasteiger partial charge in [-0.15, -0.1) is 0 Å². The molecule has 2 aromatic carbocycles. The molecule has 5 heteroatoms. The lowest BCUT2D eigenvalue weighted by Crippen LogP contribution is -2.38. The number of anilines is 1. The molecular weight excluding hydrogens is 273 g/mol. The summed E-state index contributed by atoms with van der Waals surface area (Å²) in [6.07, 6.45) is 0.609. The number of rotatable bonds is 2. The van der Waals surface area contributed by atoms with E-state index in [1.54, 1.807) is 12.1 Å². The van der Waals surface area contributed by atoms with Crippen LogP contribution < -0.4 is 4.90 Å². The Morgan fingerprint density at radius 3 is 2.71 bits per heavy atom. The maximum absolute atomic E-state index is 13.5. The van der Waals surface area contributed by atoms with Crippen molar-refractivity contribution in [2.45, 2.75) is 6.42 Å². The van der Waals surface area contributed by atoms with E-state index in [-0.39, 0.29) is 17.2 Å². The van der Waals surface area contributed by atoms with Crippen molar-refractivity contribution in [2.24, 2.45) is 0 Å². The maximum Gasteiger partial charge on any atom is 0.337 e. The molecule has 3 rings (SSSR count). The molecule has 0 saturated carbocycles. The van der Waals surface area contributed by atoms with Gasteiger partial charge in [-0.2, -0.15) is 0 Å². The molecule has 106 valence electrons. The molecular formula is C16H12FNO3. The van der Waals surface area contributed by atoms with Gasteiger partial charge in [0.05, 0.1) is 11.3 Å². The van der Waals surface area contributed by atoms with Crippen LogP contribution in [0.2, 0.25) is 0 Å². The standard InChI is InChI=1S/C16H12FNO3/c17-11-5-6-13(16(20)21)14(9-11)18-8-7-10-3-1-2-4-12(10)15(18)19/h1-6,9H,7-8H2,(H,20,21). The number of carboxylic acids is 1. The fraction of sp³-hybridized carbons (Fsp3) is 0.125. The van der Waals surface area contributed by atoms with Gasteiger partial charge in [-0.1, -0.05) is 18.2 Å². The quantitative estimate of drug-likeness (QED) is 0.923. The molecule has 0 aromatic heterocycles. The molecule has 0 fully saturated rings. The first-order valence-electron chi connectivity index (χ1n) is 6.50. The van der Waals surface area contributed by atoms with Crippen molar-refractivity contribution >= 4 is 17.6 Å². The van der Waals surface area contributed by atoms with Crippen LogP contribution in [0.1, 0.15) is 26.3 Å². The molecule has 0 aliphatic carbocycles. The smallest absolute Gasteiger partial charge is 0.337 e. The van der Waals surface area contributed by atoms with Crippen LogP contribution in [0.4, 0.5) is 10.1 Å². The minimum Gasteiger partial charge on any atom is -0.478 e. The molecule has 0 radical (unpaired) electrons. The molecule has 1 aliphatic rings. The Hall–Kier alpha value is -2.69. The number of carbonyl (C=O) groups is 2. The van der Waals surface area contributed by atoms with Crippen molar-refractivity contribution in [3.8, 4) is 0 Å². The number of fused-ring (bicyclic) bond motifs is 1. The Kier molecular flexibility index (Phi) is 3.17. The third kappa shape index (κ3) is 2.27. The van der Waals surface area contributed by atoms with Crippen LogP contribution in [0.15, 0.2) is 42.5 Å². The predicted molar refractivity (Wildman–Crippen MR) is 75.2 cm³/mol. The number of carboxylic acid groups (broad SMARTS) is 1. The monoisotopic (exact) mass is 285 g/mol. The van der Waals surface area contributed by atoms with E-state index in [4.69, 9.17) is 0 Å². The van der Waals surface area contributed by atoms with Crippen LogP contribution in [-0.2, 0) is 6.42 Å². The van der Waals surface area contributed by atoms with Crippen molar-refractivity contribution in [1.29, 1.82) is 0 Å². The number of halogens is 1. The second kappa shape index (κ2) is 5.01. The van der Waals surface area contributed by atoms with Crippen LogP contribution in [0.3, 0.4) is 0 Å². The lowest BCUT2D eigenvalue weighted by molar-refractivity contribution is 0.0697.